The first-order valence-corrected chi connectivity index (χ1v) is 6.36. The molecule has 0 atom stereocenters. The van der Waals surface area contributed by atoms with Crippen LogP contribution in [-0.4, -0.2) is 14.6 Å². The second kappa shape index (κ2) is 4.02. The van der Waals surface area contributed by atoms with Crippen LogP contribution in [0.4, 0.5) is 5.69 Å². The van der Waals surface area contributed by atoms with Crippen LogP contribution in [0.5, 0.6) is 0 Å². The highest BCUT2D eigenvalue weighted by Gasteiger charge is 2.20. The van der Waals surface area contributed by atoms with Crippen molar-refractivity contribution in [1.82, 2.24) is 14.6 Å². The Morgan fingerprint density at radius 2 is 2.06 bits per heavy atom. The summed E-state index contributed by atoms with van der Waals surface area (Å²) in [4.78, 5) is 4.60. The van der Waals surface area contributed by atoms with E-state index in [9.17, 15) is 0 Å². The highest BCUT2D eigenvalue weighted by atomic mass is 15.3. The molecular weight excluding hydrogens is 212 g/mol. The van der Waals surface area contributed by atoms with Crippen molar-refractivity contribution in [3.8, 4) is 0 Å². The van der Waals surface area contributed by atoms with Crippen LogP contribution < -0.4 is 5.73 Å². The van der Waals surface area contributed by atoms with E-state index in [-0.39, 0.29) is 0 Å². The molecule has 1 saturated carbocycles. The second-order valence-corrected chi connectivity index (χ2v) is 5.05. The van der Waals surface area contributed by atoms with Crippen LogP contribution in [0.1, 0.15) is 49.4 Å². The number of hydrogen-bond acceptors (Lipinski definition) is 3. The van der Waals surface area contributed by atoms with E-state index in [4.69, 9.17) is 5.73 Å². The summed E-state index contributed by atoms with van der Waals surface area (Å²) in [6.45, 7) is 2.03. The molecule has 0 aromatic carbocycles. The van der Waals surface area contributed by atoms with E-state index in [0.29, 0.717) is 5.92 Å². The summed E-state index contributed by atoms with van der Waals surface area (Å²) in [6, 6.07) is 1.95. The summed E-state index contributed by atoms with van der Waals surface area (Å²) in [6.07, 6.45) is 8.38. The van der Waals surface area contributed by atoms with Crippen LogP contribution in [0.15, 0.2) is 12.3 Å². The summed E-state index contributed by atoms with van der Waals surface area (Å²) in [5.74, 6) is 1.50. The topological polar surface area (TPSA) is 56.2 Å². The number of nitrogen functional groups attached to an aromatic ring is 1. The third kappa shape index (κ3) is 1.88. The van der Waals surface area contributed by atoms with Crippen molar-refractivity contribution in [2.24, 2.45) is 0 Å². The number of rotatable bonds is 1. The number of hydrogen-bond donors (Lipinski definition) is 1. The minimum Gasteiger partial charge on any atom is -0.396 e. The van der Waals surface area contributed by atoms with E-state index in [1.807, 2.05) is 23.7 Å². The van der Waals surface area contributed by atoms with Crippen LogP contribution in [0.25, 0.3) is 5.65 Å². The van der Waals surface area contributed by atoms with Gasteiger partial charge in [0.05, 0.1) is 5.69 Å². The van der Waals surface area contributed by atoms with Gasteiger partial charge in [0, 0.05) is 12.1 Å². The van der Waals surface area contributed by atoms with E-state index in [0.717, 1.165) is 22.7 Å². The van der Waals surface area contributed by atoms with Crippen molar-refractivity contribution in [2.75, 3.05) is 5.73 Å². The maximum atomic E-state index is 5.98. The Hall–Kier alpha value is -1.58. The minimum atomic E-state index is 0.531. The molecule has 2 heterocycles. The van der Waals surface area contributed by atoms with Gasteiger partial charge in [-0.05, 0) is 31.4 Å². The van der Waals surface area contributed by atoms with Crippen molar-refractivity contribution in [2.45, 2.75) is 44.9 Å². The second-order valence-electron chi connectivity index (χ2n) is 5.05. The van der Waals surface area contributed by atoms with Crippen LogP contribution in [0.3, 0.4) is 0 Å². The maximum Gasteiger partial charge on any atom is 0.178 e. The van der Waals surface area contributed by atoms with Gasteiger partial charge in [0.15, 0.2) is 11.5 Å². The normalized spacial score (nSPS) is 17.7. The molecule has 1 fully saturated rings. The molecule has 0 bridgehead atoms. The fourth-order valence-electron chi connectivity index (χ4n) is 2.70. The van der Waals surface area contributed by atoms with Crippen molar-refractivity contribution in [3.63, 3.8) is 0 Å². The number of pyridine rings is 1. The van der Waals surface area contributed by atoms with Crippen molar-refractivity contribution >= 4 is 11.3 Å². The molecule has 2 N–H and O–H groups in total. The Morgan fingerprint density at radius 3 is 2.82 bits per heavy atom. The van der Waals surface area contributed by atoms with E-state index in [1.54, 1.807) is 0 Å². The smallest absolute Gasteiger partial charge is 0.178 e. The van der Waals surface area contributed by atoms with Crippen molar-refractivity contribution in [3.05, 3.63) is 23.7 Å². The number of nitrogens with two attached hydrogens (primary N) is 1. The summed E-state index contributed by atoms with van der Waals surface area (Å²) in [5, 5.41) is 4.58. The Balaban J connectivity index is 2.03. The molecule has 0 unspecified atom stereocenters. The van der Waals surface area contributed by atoms with E-state index >= 15 is 0 Å². The average Bonchev–Trinajstić information content (AvgIpc) is 2.74. The third-order valence-electron chi connectivity index (χ3n) is 3.59. The molecule has 1 aliphatic rings. The first-order chi connectivity index (χ1) is 8.24. The maximum absolute atomic E-state index is 5.98. The lowest BCUT2D eigenvalue weighted by Crippen LogP contribution is -2.06. The third-order valence-corrected chi connectivity index (χ3v) is 3.59. The van der Waals surface area contributed by atoms with Crippen molar-refractivity contribution < 1.29 is 0 Å². The zero-order chi connectivity index (χ0) is 11.8. The lowest BCUT2D eigenvalue weighted by molar-refractivity contribution is 0.429. The largest absolute Gasteiger partial charge is 0.396 e. The van der Waals surface area contributed by atoms with Gasteiger partial charge in [0.2, 0.25) is 0 Å². The standard InChI is InChI=1S/C13H18N4/c1-9-7-11(14)13-15-12(16-17(13)8-9)10-5-3-2-4-6-10/h7-8,10H,2-6,14H2,1H3. The average molecular weight is 230 g/mol. The molecule has 4 nitrogen and oxygen atoms in total. The van der Waals surface area contributed by atoms with Crippen molar-refractivity contribution in [1.29, 1.82) is 0 Å². The van der Waals surface area contributed by atoms with Crippen LogP contribution in [0, 0.1) is 6.92 Å². The van der Waals surface area contributed by atoms with Crippen LogP contribution in [0.2, 0.25) is 0 Å². The molecule has 90 valence electrons. The van der Waals surface area contributed by atoms with E-state index in [2.05, 4.69) is 10.1 Å². The van der Waals surface area contributed by atoms with E-state index in [1.165, 1.54) is 32.1 Å². The lowest BCUT2D eigenvalue weighted by Gasteiger charge is -2.17. The molecule has 3 rings (SSSR count). The number of aryl methyl sites for hydroxylation is 1. The number of fused-ring (bicyclic) bond motifs is 1. The summed E-state index contributed by atoms with van der Waals surface area (Å²) in [7, 11) is 0. The SMILES string of the molecule is Cc1cc(N)c2nc(C3CCCCC3)nn2c1. The summed E-state index contributed by atoms with van der Waals surface area (Å²) in [5.41, 5.74) is 8.62. The van der Waals surface area contributed by atoms with Gasteiger partial charge in [0.1, 0.15) is 0 Å². The fourth-order valence-corrected chi connectivity index (χ4v) is 2.70. The van der Waals surface area contributed by atoms with Gasteiger partial charge in [-0.1, -0.05) is 19.3 Å². The van der Waals surface area contributed by atoms with E-state index < -0.39 is 0 Å². The predicted molar refractivity (Wildman–Crippen MR) is 68.0 cm³/mol. The molecule has 2 aromatic heterocycles. The molecule has 0 amide bonds. The Kier molecular flexibility index (Phi) is 2.50. The lowest BCUT2D eigenvalue weighted by atomic mass is 9.89. The van der Waals surface area contributed by atoms with Gasteiger partial charge in [-0.3, -0.25) is 0 Å². The minimum absolute atomic E-state index is 0.531. The van der Waals surface area contributed by atoms with Gasteiger partial charge in [0.25, 0.3) is 0 Å². The highest BCUT2D eigenvalue weighted by Crippen LogP contribution is 2.31. The molecule has 0 radical (unpaired) electrons. The first-order valence-electron chi connectivity index (χ1n) is 6.36. The van der Waals surface area contributed by atoms with Gasteiger partial charge < -0.3 is 5.73 Å². The van der Waals surface area contributed by atoms with Gasteiger partial charge in [-0.15, -0.1) is 0 Å². The number of aromatic nitrogens is 3. The molecule has 17 heavy (non-hydrogen) atoms. The summed E-state index contributed by atoms with van der Waals surface area (Å²) >= 11 is 0. The molecule has 0 aliphatic heterocycles. The number of anilines is 1. The molecule has 1 aliphatic carbocycles. The predicted octanol–water partition coefficient (Wildman–Crippen LogP) is 2.67. The van der Waals surface area contributed by atoms with Crippen LogP contribution >= 0.6 is 0 Å². The van der Waals surface area contributed by atoms with Crippen LogP contribution in [-0.2, 0) is 0 Å². The fraction of sp³-hybridized carbons (Fsp3) is 0.538. The summed E-state index contributed by atoms with van der Waals surface area (Å²) < 4.78 is 1.83. The Bertz CT molecular complexity index is 538. The highest BCUT2D eigenvalue weighted by molar-refractivity contribution is 5.64. The molecule has 4 heteroatoms. The first kappa shape index (κ1) is 10.6. The Morgan fingerprint density at radius 1 is 1.29 bits per heavy atom. The van der Waals surface area contributed by atoms with Gasteiger partial charge >= 0.3 is 0 Å². The van der Waals surface area contributed by atoms with Gasteiger partial charge in [-0.25, -0.2) is 9.50 Å². The molecule has 0 saturated heterocycles. The zero-order valence-corrected chi connectivity index (χ0v) is 10.2. The quantitative estimate of drug-likeness (QED) is 0.819. The molecule has 2 aromatic rings. The zero-order valence-electron chi connectivity index (χ0n) is 10.2. The molecule has 0 spiro atoms. The molecular formula is C13H18N4. The monoisotopic (exact) mass is 230 g/mol. The van der Waals surface area contributed by atoms with Gasteiger partial charge in [-0.2, -0.15) is 5.10 Å². The number of nitrogens with zero attached hydrogens (tertiary/aromatic N) is 3. The Labute approximate surface area is 101 Å².